The molecule has 228 valence electrons. The summed E-state index contributed by atoms with van der Waals surface area (Å²) in [5.41, 5.74) is 3.83. The average Bonchev–Trinajstić information content (AvgIpc) is 3.37. The van der Waals surface area contributed by atoms with Crippen LogP contribution in [0.1, 0.15) is 69.4 Å². The quantitative estimate of drug-likeness (QED) is 0.433. The lowest BCUT2D eigenvalue weighted by atomic mass is 9.45. The Hall–Kier alpha value is -2.78. The summed E-state index contributed by atoms with van der Waals surface area (Å²) >= 11 is 0. The number of nitrogens with zero attached hydrogens (tertiary/aromatic N) is 2. The summed E-state index contributed by atoms with van der Waals surface area (Å²) in [5.74, 6) is 0.788. The normalized spacial score (nSPS) is 31.6. The van der Waals surface area contributed by atoms with Crippen molar-refractivity contribution in [2.45, 2.75) is 77.8 Å². The van der Waals surface area contributed by atoms with E-state index in [9.17, 15) is 19.8 Å². The van der Waals surface area contributed by atoms with Crippen LogP contribution in [0.4, 0.5) is 0 Å². The first-order valence-corrected chi connectivity index (χ1v) is 15.3. The van der Waals surface area contributed by atoms with Crippen molar-refractivity contribution in [2.24, 2.45) is 29.1 Å². The van der Waals surface area contributed by atoms with E-state index in [1.54, 1.807) is 31.0 Å². The molecular weight excluding hydrogens is 530 g/mol. The van der Waals surface area contributed by atoms with Gasteiger partial charge in [-0.25, -0.2) is 0 Å². The minimum atomic E-state index is -0.846. The summed E-state index contributed by atoms with van der Waals surface area (Å²) in [6.07, 6.45) is 0.651. The van der Waals surface area contributed by atoms with Gasteiger partial charge in [-0.2, -0.15) is 5.06 Å². The first-order chi connectivity index (χ1) is 19.8. The van der Waals surface area contributed by atoms with Crippen LogP contribution >= 0.6 is 0 Å². The van der Waals surface area contributed by atoms with Gasteiger partial charge in [-0.1, -0.05) is 51.1 Å². The van der Waals surface area contributed by atoms with Crippen LogP contribution in [0, 0.1) is 29.1 Å². The molecule has 9 atom stereocenters. The molecule has 42 heavy (non-hydrogen) atoms. The fourth-order valence-corrected chi connectivity index (χ4v) is 7.81. The second-order valence-electron chi connectivity index (χ2n) is 13.6. The zero-order chi connectivity index (χ0) is 30.5. The number of fused-ring (bicyclic) bond motifs is 2. The van der Waals surface area contributed by atoms with Gasteiger partial charge in [0.05, 0.1) is 18.8 Å². The van der Waals surface area contributed by atoms with Crippen LogP contribution < -0.4 is 5.32 Å². The minimum absolute atomic E-state index is 0.0473. The highest BCUT2D eigenvalue weighted by Gasteiger charge is 2.57. The predicted octanol–water partition coefficient (Wildman–Crippen LogP) is 4.28. The number of aliphatic hydroxyl groups excluding tert-OH is 2. The monoisotopic (exact) mass is 577 g/mol. The van der Waals surface area contributed by atoms with E-state index >= 15 is 0 Å². The molecule has 0 aromatic heterocycles. The summed E-state index contributed by atoms with van der Waals surface area (Å²) in [7, 11) is 3.47. The summed E-state index contributed by atoms with van der Waals surface area (Å²) in [4.78, 5) is 34.2. The van der Waals surface area contributed by atoms with E-state index in [2.05, 4.69) is 32.2 Å². The van der Waals surface area contributed by atoms with Crippen molar-refractivity contribution in [3.05, 3.63) is 59.7 Å². The Morgan fingerprint density at radius 2 is 1.79 bits per heavy atom. The van der Waals surface area contributed by atoms with Crippen molar-refractivity contribution >= 4 is 11.8 Å². The Morgan fingerprint density at radius 3 is 2.36 bits per heavy atom. The van der Waals surface area contributed by atoms with Crippen LogP contribution in [0.5, 0.6) is 0 Å². The van der Waals surface area contributed by atoms with Crippen LogP contribution in [-0.2, 0) is 9.63 Å². The van der Waals surface area contributed by atoms with E-state index in [0.717, 1.165) is 23.1 Å². The fraction of sp³-hybridized carbons (Fsp3) is 0.588. The Labute approximate surface area is 250 Å². The maximum atomic E-state index is 14.0. The number of hydroxylamine groups is 2. The van der Waals surface area contributed by atoms with E-state index in [-0.39, 0.29) is 30.5 Å². The van der Waals surface area contributed by atoms with Crippen LogP contribution in [-0.4, -0.2) is 77.0 Å². The molecule has 3 aliphatic carbocycles. The third-order valence-corrected chi connectivity index (χ3v) is 10.6. The molecule has 2 bridgehead atoms. The van der Waals surface area contributed by atoms with Gasteiger partial charge < -0.3 is 20.4 Å². The van der Waals surface area contributed by atoms with Crippen LogP contribution in [0.15, 0.2) is 48.5 Å². The number of hydrogen-bond acceptors (Lipinski definition) is 6. The standard InChI is InChI=1S/C34H47N3O5/c1-19-27-16-26(34(27,4)5)17-28(19)35-32(40)31-30(21(3)39)29(18-38)42-37(31)20(2)24-9-8-10-25(15-24)22-11-13-23(14-12-22)33(41)36(6)7/h8-15,19-21,26-31,38-39H,16-18H2,1-7H3,(H,35,40)/t19-,20?,21-,26-,27+,28-,29-,30+,31-/m0/s1. The summed E-state index contributed by atoms with van der Waals surface area (Å²) in [6.45, 7) is 10.3. The zero-order valence-corrected chi connectivity index (χ0v) is 25.9. The molecule has 0 radical (unpaired) electrons. The van der Waals surface area contributed by atoms with Crippen molar-refractivity contribution in [1.29, 1.82) is 0 Å². The number of amides is 2. The molecule has 2 amide bonds. The van der Waals surface area contributed by atoms with Gasteiger partial charge in [0, 0.05) is 31.6 Å². The number of carbonyl (C=O) groups is 2. The summed E-state index contributed by atoms with van der Waals surface area (Å²) < 4.78 is 0. The molecule has 8 nitrogen and oxygen atoms in total. The molecular formula is C34H47N3O5. The van der Waals surface area contributed by atoms with E-state index in [1.165, 1.54) is 6.42 Å². The average molecular weight is 578 g/mol. The van der Waals surface area contributed by atoms with E-state index in [0.29, 0.717) is 28.7 Å². The van der Waals surface area contributed by atoms with Crippen LogP contribution in [0.3, 0.4) is 0 Å². The molecule has 3 N–H and O–H groups in total. The zero-order valence-electron chi connectivity index (χ0n) is 25.9. The number of benzene rings is 2. The molecule has 4 aliphatic rings. The topological polar surface area (TPSA) is 102 Å². The molecule has 6 rings (SSSR count). The number of rotatable bonds is 8. The Kier molecular flexibility index (Phi) is 8.56. The van der Waals surface area contributed by atoms with Gasteiger partial charge in [0.2, 0.25) is 5.91 Å². The van der Waals surface area contributed by atoms with Gasteiger partial charge >= 0.3 is 0 Å². The van der Waals surface area contributed by atoms with Gasteiger partial charge in [0.25, 0.3) is 5.91 Å². The highest BCUT2D eigenvalue weighted by Crippen LogP contribution is 2.61. The molecule has 3 saturated carbocycles. The van der Waals surface area contributed by atoms with E-state index in [1.807, 2.05) is 49.4 Å². The maximum Gasteiger partial charge on any atom is 0.253 e. The molecule has 1 heterocycles. The third-order valence-electron chi connectivity index (χ3n) is 10.6. The van der Waals surface area contributed by atoms with Crippen molar-refractivity contribution < 1.29 is 24.6 Å². The summed E-state index contributed by atoms with van der Waals surface area (Å²) in [5, 5.41) is 26.0. The van der Waals surface area contributed by atoms with Crippen molar-refractivity contribution in [2.75, 3.05) is 20.7 Å². The Morgan fingerprint density at radius 1 is 1.10 bits per heavy atom. The molecule has 4 fully saturated rings. The molecule has 8 heteroatoms. The molecule has 2 aromatic rings. The SMILES string of the molecule is CC(c1cccc(-c2ccc(C(=O)N(C)C)cc2)c1)N1O[C@@H](CO)[C@@H]([C@H](C)O)[C@H]1C(=O)N[C@H]1C[C@@H]2C[C@H]([C@@H]1C)C2(C)C. The highest BCUT2D eigenvalue weighted by molar-refractivity contribution is 5.94. The second kappa shape index (κ2) is 11.7. The number of hydrogen-bond donors (Lipinski definition) is 3. The molecule has 2 aromatic carbocycles. The number of nitrogens with one attached hydrogen (secondary N) is 1. The number of carbonyl (C=O) groups excluding carboxylic acids is 2. The Bertz CT molecular complexity index is 1290. The van der Waals surface area contributed by atoms with Gasteiger partial charge in [0.15, 0.2) is 0 Å². The van der Waals surface area contributed by atoms with Crippen molar-refractivity contribution in [3.8, 4) is 11.1 Å². The number of aliphatic hydroxyl groups is 2. The van der Waals surface area contributed by atoms with Gasteiger partial charge in [0.1, 0.15) is 12.1 Å². The van der Waals surface area contributed by atoms with Crippen LogP contribution in [0.2, 0.25) is 0 Å². The largest absolute Gasteiger partial charge is 0.394 e. The van der Waals surface area contributed by atoms with E-state index in [4.69, 9.17) is 4.84 Å². The molecule has 1 unspecified atom stereocenters. The third kappa shape index (κ3) is 5.39. The lowest BCUT2D eigenvalue weighted by Gasteiger charge is -2.62. The van der Waals surface area contributed by atoms with Crippen LogP contribution in [0.25, 0.3) is 11.1 Å². The first-order valence-electron chi connectivity index (χ1n) is 15.3. The first kappa shape index (κ1) is 30.7. The lowest BCUT2D eigenvalue weighted by Crippen LogP contribution is -2.62. The van der Waals surface area contributed by atoms with Gasteiger partial charge in [-0.15, -0.1) is 0 Å². The smallest absolute Gasteiger partial charge is 0.253 e. The fourth-order valence-electron chi connectivity index (χ4n) is 7.81. The lowest BCUT2D eigenvalue weighted by molar-refractivity contribution is -0.197. The van der Waals surface area contributed by atoms with Crippen molar-refractivity contribution in [1.82, 2.24) is 15.3 Å². The minimum Gasteiger partial charge on any atom is -0.394 e. The highest BCUT2D eigenvalue weighted by atomic mass is 16.7. The maximum absolute atomic E-state index is 14.0. The van der Waals surface area contributed by atoms with Gasteiger partial charge in [-0.3, -0.25) is 14.4 Å². The van der Waals surface area contributed by atoms with Crippen molar-refractivity contribution in [3.63, 3.8) is 0 Å². The molecule has 1 saturated heterocycles. The Balaban J connectivity index is 1.39. The molecule has 1 aliphatic heterocycles. The molecule has 0 spiro atoms. The predicted molar refractivity (Wildman–Crippen MR) is 162 cm³/mol. The second-order valence-corrected chi connectivity index (χ2v) is 13.6. The van der Waals surface area contributed by atoms with Gasteiger partial charge in [-0.05, 0) is 84.7 Å². The summed E-state index contributed by atoms with van der Waals surface area (Å²) in [6, 6.07) is 14.6. The van der Waals surface area contributed by atoms with E-state index < -0.39 is 24.2 Å².